The fourth-order valence-corrected chi connectivity index (χ4v) is 4.16. The molecule has 1 atom stereocenters. The Morgan fingerprint density at radius 1 is 1.00 bits per heavy atom. The van der Waals surface area contributed by atoms with Crippen molar-refractivity contribution >= 4 is 29.3 Å². The summed E-state index contributed by atoms with van der Waals surface area (Å²) in [6.45, 7) is 3.70. The molecule has 8 nitrogen and oxygen atoms in total. The third-order valence-electron chi connectivity index (χ3n) is 5.87. The van der Waals surface area contributed by atoms with Gasteiger partial charge in [0, 0.05) is 5.69 Å². The predicted molar refractivity (Wildman–Crippen MR) is 122 cm³/mol. The van der Waals surface area contributed by atoms with E-state index in [0.717, 1.165) is 55.4 Å². The number of hydrogen-bond donors (Lipinski definition) is 4. The van der Waals surface area contributed by atoms with Gasteiger partial charge in [0.1, 0.15) is 11.9 Å². The van der Waals surface area contributed by atoms with E-state index in [9.17, 15) is 23.9 Å². The fourth-order valence-electron chi connectivity index (χ4n) is 4.16. The molecule has 1 fully saturated rings. The zero-order valence-electron chi connectivity index (χ0n) is 19.7. The summed E-state index contributed by atoms with van der Waals surface area (Å²) in [5, 5.41) is 17.5. The van der Waals surface area contributed by atoms with Crippen LogP contribution in [0.5, 0.6) is 0 Å². The summed E-state index contributed by atoms with van der Waals surface area (Å²) in [4.78, 5) is 37.3. The second kappa shape index (κ2) is 13.1. The van der Waals surface area contributed by atoms with Crippen LogP contribution in [0.4, 0.5) is 20.6 Å². The SMILES string of the molecule is Cc1cccc(C)c1NC(=O)Nc1cc(F)ccc1C(=O)N[C@H](C(=O)O)C1CCCCC1.[Li+].[OH-]. The number of rotatable bonds is 6. The van der Waals surface area contributed by atoms with Crippen LogP contribution >= 0.6 is 0 Å². The average Bonchev–Trinajstić information content (AvgIpc) is 2.75. The topological polar surface area (TPSA) is 138 Å². The smallest absolute Gasteiger partial charge is 0.870 e. The predicted octanol–water partition coefficient (Wildman–Crippen LogP) is 1.68. The molecule has 0 aromatic heterocycles. The normalized spacial score (nSPS) is 14.1. The minimum absolute atomic E-state index is 0. The number of aryl methyl sites for hydroxylation is 2. The number of para-hydroxylation sites is 1. The fraction of sp³-hybridized carbons (Fsp3) is 0.375. The van der Waals surface area contributed by atoms with E-state index in [2.05, 4.69) is 16.0 Å². The first-order valence-corrected chi connectivity index (χ1v) is 10.7. The van der Waals surface area contributed by atoms with Gasteiger partial charge >= 0.3 is 30.9 Å². The molecule has 178 valence electrons. The van der Waals surface area contributed by atoms with E-state index in [0.29, 0.717) is 5.69 Å². The van der Waals surface area contributed by atoms with E-state index < -0.39 is 29.8 Å². The molecule has 3 rings (SSSR count). The molecule has 5 N–H and O–H groups in total. The number of anilines is 2. The van der Waals surface area contributed by atoms with Crippen LogP contribution in [-0.4, -0.2) is 34.5 Å². The van der Waals surface area contributed by atoms with Crippen molar-refractivity contribution in [3.63, 3.8) is 0 Å². The molecule has 0 radical (unpaired) electrons. The molecular weight excluding hydrogens is 436 g/mol. The third kappa shape index (κ3) is 7.32. The molecule has 34 heavy (non-hydrogen) atoms. The van der Waals surface area contributed by atoms with Gasteiger partial charge in [-0.15, -0.1) is 0 Å². The van der Waals surface area contributed by atoms with Gasteiger partial charge in [-0.3, -0.25) is 4.79 Å². The molecule has 2 aromatic carbocycles. The molecule has 0 spiro atoms. The molecule has 0 saturated heterocycles. The van der Waals surface area contributed by atoms with Crippen molar-refractivity contribution in [2.24, 2.45) is 5.92 Å². The van der Waals surface area contributed by atoms with Crippen molar-refractivity contribution in [3.8, 4) is 0 Å². The Kier molecular flexibility index (Phi) is 11.3. The first kappa shape index (κ1) is 29.2. The van der Waals surface area contributed by atoms with Gasteiger partial charge in [-0.25, -0.2) is 14.0 Å². The molecule has 1 saturated carbocycles. The van der Waals surface area contributed by atoms with Crippen LogP contribution in [0.1, 0.15) is 53.6 Å². The summed E-state index contributed by atoms with van der Waals surface area (Å²) in [5.41, 5.74) is 2.28. The molecule has 0 unspecified atom stereocenters. The van der Waals surface area contributed by atoms with Gasteiger partial charge < -0.3 is 26.5 Å². The molecule has 0 bridgehead atoms. The number of carboxylic acids is 1. The van der Waals surface area contributed by atoms with Gasteiger partial charge in [0.15, 0.2) is 0 Å². The van der Waals surface area contributed by atoms with Crippen LogP contribution in [0, 0.1) is 25.6 Å². The molecule has 2 aromatic rings. The Hall–Kier alpha value is -2.86. The quantitative estimate of drug-likeness (QED) is 0.481. The summed E-state index contributed by atoms with van der Waals surface area (Å²) in [5.74, 6) is -2.57. The van der Waals surface area contributed by atoms with Crippen molar-refractivity contribution < 1.29 is 48.2 Å². The molecule has 0 aliphatic heterocycles. The molecule has 0 heterocycles. The Bertz CT molecular complexity index is 1010. The summed E-state index contributed by atoms with van der Waals surface area (Å²) in [7, 11) is 0. The number of halogens is 1. The number of carboxylic acid groups (broad SMARTS) is 1. The van der Waals surface area contributed by atoms with Gasteiger partial charge in [0.25, 0.3) is 5.91 Å². The minimum Gasteiger partial charge on any atom is -0.870 e. The van der Waals surface area contributed by atoms with Crippen LogP contribution < -0.4 is 34.8 Å². The number of nitrogens with one attached hydrogen (secondary N) is 3. The van der Waals surface area contributed by atoms with Crippen molar-refractivity contribution in [2.75, 3.05) is 10.6 Å². The zero-order valence-corrected chi connectivity index (χ0v) is 19.7. The van der Waals surface area contributed by atoms with Crippen LogP contribution in [0.15, 0.2) is 36.4 Å². The number of aliphatic carboxylic acids is 1. The first-order chi connectivity index (χ1) is 15.3. The molecule has 10 heteroatoms. The third-order valence-corrected chi connectivity index (χ3v) is 5.87. The van der Waals surface area contributed by atoms with Gasteiger partial charge in [-0.05, 0) is 61.9 Å². The number of carbonyl (C=O) groups is 3. The standard InChI is InChI=1S/C24H28FN3O4.Li.H2O/c1-14-7-6-8-15(2)20(14)28-24(32)26-19-13-17(25)11-12-18(19)22(29)27-21(23(30)31)16-9-4-3-5-10-16;;/h6-8,11-13,16,21H,3-5,9-10H2,1-2H3,(H,27,29)(H,30,31)(H2,26,28,32);;1H2/q;+1;/p-1/t21-;;/m0../s1. The maximum atomic E-state index is 13.9. The average molecular weight is 465 g/mol. The van der Waals surface area contributed by atoms with Crippen molar-refractivity contribution in [1.29, 1.82) is 0 Å². The Balaban J connectivity index is 0.00000289. The second-order valence-corrected chi connectivity index (χ2v) is 8.22. The Morgan fingerprint density at radius 2 is 1.62 bits per heavy atom. The van der Waals surface area contributed by atoms with Crippen LogP contribution in [0.2, 0.25) is 0 Å². The summed E-state index contributed by atoms with van der Waals surface area (Å²) in [6.07, 6.45) is 4.35. The van der Waals surface area contributed by atoms with Crippen LogP contribution in [0.25, 0.3) is 0 Å². The van der Waals surface area contributed by atoms with Crippen LogP contribution in [-0.2, 0) is 4.79 Å². The maximum absolute atomic E-state index is 13.9. The van der Waals surface area contributed by atoms with E-state index in [1.54, 1.807) is 0 Å². The number of benzene rings is 2. The van der Waals surface area contributed by atoms with E-state index in [-0.39, 0.29) is 41.5 Å². The van der Waals surface area contributed by atoms with Gasteiger partial charge in [0.05, 0.1) is 11.3 Å². The molecular formula is C24H29FLiN3O5. The number of carbonyl (C=O) groups excluding carboxylic acids is 2. The molecule has 3 amide bonds. The van der Waals surface area contributed by atoms with Gasteiger partial charge in [-0.1, -0.05) is 37.5 Å². The zero-order chi connectivity index (χ0) is 23.3. The summed E-state index contributed by atoms with van der Waals surface area (Å²) >= 11 is 0. The van der Waals surface area contributed by atoms with Crippen molar-refractivity contribution in [2.45, 2.75) is 52.0 Å². The first-order valence-electron chi connectivity index (χ1n) is 10.7. The number of hydrogen-bond acceptors (Lipinski definition) is 4. The van der Waals surface area contributed by atoms with Gasteiger partial charge in [0.2, 0.25) is 0 Å². The molecule has 1 aliphatic carbocycles. The Morgan fingerprint density at radius 3 is 2.21 bits per heavy atom. The van der Waals surface area contributed by atoms with E-state index in [1.807, 2.05) is 32.0 Å². The maximum Gasteiger partial charge on any atom is 1.00 e. The van der Waals surface area contributed by atoms with E-state index >= 15 is 0 Å². The summed E-state index contributed by atoms with van der Waals surface area (Å²) in [6, 6.07) is 7.26. The number of urea groups is 1. The van der Waals surface area contributed by atoms with Crippen molar-refractivity contribution in [3.05, 3.63) is 58.9 Å². The largest absolute Gasteiger partial charge is 1.00 e. The minimum atomic E-state index is -1.10. The second-order valence-electron chi connectivity index (χ2n) is 8.22. The van der Waals surface area contributed by atoms with E-state index in [4.69, 9.17) is 0 Å². The Labute approximate surface area is 210 Å². The van der Waals surface area contributed by atoms with Gasteiger partial charge in [-0.2, -0.15) is 0 Å². The van der Waals surface area contributed by atoms with Crippen LogP contribution in [0.3, 0.4) is 0 Å². The number of amides is 3. The monoisotopic (exact) mass is 465 g/mol. The molecule has 1 aliphatic rings. The van der Waals surface area contributed by atoms with E-state index in [1.165, 1.54) is 6.07 Å². The summed E-state index contributed by atoms with van der Waals surface area (Å²) < 4.78 is 13.9. The van der Waals surface area contributed by atoms with Crippen molar-refractivity contribution in [1.82, 2.24) is 5.32 Å².